The van der Waals surface area contributed by atoms with E-state index in [1.165, 1.54) is 7.05 Å². The number of thiocarbonyl (C=S) groups is 1. The quantitative estimate of drug-likeness (QED) is 0.846. The molecule has 0 spiro atoms. The molecule has 2 N–H and O–H groups in total. The lowest BCUT2D eigenvalue weighted by Gasteiger charge is -2.23. The molecule has 112 valence electrons. The van der Waals surface area contributed by atoms with Crippen LogP contribution in [-0.2, 0) is 12.8 Å². The number of anilines is 1. The van der Waals surface area contributed by atoms with Crippen LogP contribution < -0.4 is 10.6 Å². The minimum Gasteiger partial charge on any atom is -0.389 e. The monoisotopic (exact) mass is 306 g/mol. The van der Waals surface area contributed by atoms with E-state index in [1.807, 2.05) is 13.8 Å². The van der Waals surface area contributed by atoms with Gasteiger partial charge in [0.05, 0.1) is 11.3 Å². The van der Waals surface area contributed by atoms with Crippen LogP contribution in [0.3, 0.4) is 0 Å². The Morgan fingerprint density at radius 3 is 2.25 bits per heavy atom. The Morgan fingerprint density at radius 2 is 1.85 bits per heavy atom. The molecule has 0 amide bonds. The molecule has 0 atom stereocenters. The second kappa shape index (κ2) is 6.34. The summed E-state index contributed by atoms with van der Waals surface area (Å²) in [4.78, 5) is 1.01. The van der Waals surface area contributed by atoms with Gasteiger partial charge in [0.1, 0.15) is 11.5 Å². The van der Waals surface area contributed by atoms with E-state index in [0.717, 1.165) is 10.5 Å². The number of alkyl halides is 3. The molecule has 20 heavy (non-hydrogen) atoms. The molecular formula is C12H17F3N4S. The van der Waals surface area contributed by atoms with Gasteiger partial charge >= 0.3 is 6.18 Å². The van der Waals surface area contributed by atoms with Crippen LogP contribution >= 0.6 is 12.2 Å². The fourth-order valence-electron chi connectivity index (χ4n) is 2.03. The molecule has 0 saturated carbocycles. The van der Waals surface area contributed by atoms with Crippen molar-refractivity contribution in [3.05, 3.63) is 16.8 Å². The first-order valence-electron chi connectivity index (χ1n) is 6.17. The summed E-state index contributed by atoms with van der Waals surface area (Å²) in [6.07, 6.45) is -3.13. The van der Waals surface area contributed by atoms with E-state index in [-0.39, 0.29) is 10.8 Å². The zero-order valence-corrected chi connectivity index (χ0v) is 12.4. The van der Waals surface area contributed by atoms with Gasteiger partial charge in [0.15, 0.2) is 5.82 Å². The average molecular weight is 306 g/mol. The van der Waals surface area contributed by atoms with Crippen LogP contribution in [-0.4, -0.2) is 35.0 Å². The number of aryl methyl sites for hydroxylation is 1. The third-order valence-electron chi connectivity index (χ3n) is 2.85. The van der Waals surface area contributed by atoms with Crippen molar-refractivity contribution in [1.82, 2.24) is 10.2 Å². The molecule has 0 aliphatic rings. The van der Waals surface area contributed by atoms with Crippen LogP contribution in [0.1, 0.15) is 30.7 Å². The topological polar surface area (TPSA) is 55.0 Å². The molecule has 0 radical (unpaired) electrons. The second-order valence-electron chi connectivity index (χ2n) is 4.37. The number of aromatic nitrogens is 2. The number of rotatable bonds is 5. The molecule has 1 aromatic heterocycles. The standard InChI is InChI=1S/C12H17F3N4S/c1-4-7-8(5-2)17-18-11(9(7)10(16)20)19(3)6-12(13,14)15/h4-6H2,1-3H3,(H2,16,20). The normalized spacial score (nSPS) is 11.5. The highest BCUT2D eigenvalue weighted by molar-refractivity contribution is 7.80. The van der Waals surface area contributed by atoms with Gasteiger partial charge in [0.25, 0.3) is 0 Å². The summed E-state index contributed by atoms with van der Waals surface area (Å²) >= 11 is 4.97. The van der Waals surface area contributed by atoms with Crippen LogP contribution in [0, 0.1) is 0 Å². The molecule has 0 saturated heterocycles. The van der Waals surface area contributed by atoms with Crippen molar-refractivity contribution >= 4 is 23.0 Å². The van der Waals surface area contributed by atoms with Crippen molar-refractivity contribution < 1.29 is 13.2 Å². The zero-order chi connectivity index (χ0) is 15.5. The summed E-state index contributed by atoms with van der Waals surface area (Å²) < 4.78 is 37.5. The Bertz CT molecular complexity index is 502. The molecular weight excluding hydrogens is 289 g/mol. The van der Waals surface area contributed by atoms with Crippen LogP contribution in [0.15, 0.2) is 0 Å². The maximum absolute atomic E-state index is 12.5. The molecule has 1 heterocycles. The average Bonchev–Trinajstić information content (AvgIpc) is 2.34. The largest absolute Gasteiger partial charge is 0.405 e. The van der Waals surface area contributed by atoms with Gasteiger partial charge in [-0.2, -0.15) is 18.3 Å². The fraction of sp³-hybridized carbons (Fsp3) is 0.583. The molecule has 0 aliphatic carbocycles. The predicted octanol–water partition coefficient (Wildman–Crippen LogP) is 2.23. The van der Waals surface area contributed by atoms with Crippen LogP contribution in [0.25, 0.3) is 0 Å². The summed E-state index contributed by atoms with van der Waals surface area (Å²) in [5.74, 6) is 0.0730. The Morgan fingerprint density at radius 1 is 1.25 bits per heavy atom. The van der Waals surface area contributed by atoms with Gasteiger partial charge in [-0.25, -0.2) is 0 Å². The summed E-state index contributed by atoms with van der Waals surface area (Å²) in [5.41, 5.74) is 7.53. The molecule has 8 heteroatoms. The van der Waals surface area contributed by atoms with Crippen molar-refractivity contribution in [3.8, 4) is 0 Å². The first kappa shape index (κ1) is 16.6. The van der Waals surface area contributed by atoms with Crippen molar-refractivity contribution in [2.45, 2.75) is 32.9 Å². The Balaban J connectivity index is 3.36. The highest BCUT2D eigenvalue weighted by atomic mass is 32.1. The summed E-state index contributed by atoms with van der Waals surface area (Å²) in [6.45, 7) is 2.64. The predicted molar refractivity (Wildman–Crippen MR) is 76.0 cm³/mol. The summed E-state index contributed by atoms with van der Waals surface area (Å²) in [5, 5.41) is 7.86. The van der Waals surface area contributed by atoms with Crippen LogP contribution in [0.5, 0.6) is 0 Å². The van der Waals surface area contributed by atoms with Gasteiger partial charge < -0.3 is 10.6 Å². The number of hydrogen-bond donors (Lipinski definition) is 1. The third kappa shape index (κ3) is 3.78. The van der Waals surface area contributed by atoms with E-state index < -0.39 is 12.7 Å². The van der Waals surface area contributed by atoms with E-state index >= 15 is 0 Å². The highest BCUT2D eigenvalue weighted by Crippen LogP contribution is 2.26. The van der Waals surface area contributed by atoms with Crippen molar-refractivity contribution in [2.24, 2.45) is 5.73 Å². The summed E-state index contributed by atoms with van der Waals surface area (Å²) in [7, 11) is 1.30. The Hall–Kier alpha value is -1.44. The lowest BCUT2D eigenvalue weighted by molar-refractivity contribution is -0.119. The minimum atomic E-state index is -4.33. The molecule has 0 fully saturated rings. The zero-order valence-electron chi connectivity index (χ0n) is 11.6. The minimum absolute atomic E-state index is 0.0375. The summed E-state index contributed by atoms with van der Waals surface area (Å²) in [6, 6.07) is 0. The Kier molecular flexibility index (Phi) is 5.27. The van der Waals surface area contributed by atoms with Crippen LogP contribution in [0.2, 0.25) is 0 Å². The lowest BCUT2D eigenvalue weighted by Crippen LogP contribution is -2.34. The molecule has 0 aliphatic heterocycles. The van der Waals surface area contributed by atoms with Crippen LogP contribution in [0.4, 0.5) is 19.0 Å². The Labute approximate surface area is 121 Å². The molecule has 4 nitrogen and oxygen atoms in total. The molecule has 0 bridgehead atoms. The van der Waals surface area contributed by atoms with E-state index in [4.69, 9.17) is 18.0 Å². The van der Waals surface area contributed by atoms with E-state index in [2.05, 4.69) is 10.2 Å². The van der Waals surface area contributed by atoms with Gasteiger partial charge in [-0.05, 0) is 18.4 Å². The fourth-order valence-corrected chi connectivity index (χ4v) is 2.25. The number of nitrogens with two attached hydrogens (primary N) is 1. The maximum Gasteiger partial charge on any atom is 0.405 e. The van der Waals surface area contributed by atoms with Crippen molar-refractivity contribution in [1.29, 1.82) is 0 Å². The second-order valence-corrected chi connectivity index (χ2v) is 4.81. The molecule has 1 rings (SSSR count). The maximum atomic E-state index is 12.5. The number of halogens is 3. The van der Waals surface area contributed by atoms with Gasteiger partial charge in [-0.3, -0.25) is 0 Å². The van der Waals surface area contributed by atoms with Gasteiger partial charge in [-0.1, -0.05) is 26.1 Å². The van der Waals surface area contributed by atoms with E-state index in [9.17, 15) is 13.2 Å². The first-order chi connectivity index (χ1) is 9.21. The van der Waals surface area contributed by atoms with E-state index in [0.29, 0.717) is 24.1 Å². The number of nitrogens with zero attached hydrogens (tertiary/aromatic N) is 3. The van der Waals surface area contributed by atoms with E-state index in [1.54, 1.807) is 0 Å². The van der Waals surface area contributed by atoms with Gasteiger partial charge in [0, 0.05) is 7.05 Å². The lowest BCUT2D eigenvalue weighted by atomic mass is 10.0. The number of hydrogen-bond acceptors (Lipinski definition) is 4. The van der Waals surface area contributed by atoms with Crippen molar-refractivity contribution in [2.75, 3.05) is 18.5 Å². The molecule has 1 aromatic rings. The first-order valence-corrected chi connectivity index (χ1v) is 6.58. The van der Waals surface area contributed by atoms with Gasteiger partial charge in [-0.15, -0.1) is 5.10 Å². The highest BCUT2D eigenvalue weighted by Gasteiger charge is 2.31. The van der Waals surface area contributed by atoms with Gasteiger partial charge in [0.2, 0.25) is 0 Å². The molecule has 0 unspecified atom stereocenters. The molecule has 0 aromatic carbocycles. The SMILES string of the molecule is CCc1nnc(N(C)CC(F)(F)F)c(C(N)=S)c1CC. The smallest absolute Gasteiger partial charge is 0.389 e. The third-order valence-corrected chi connectivity index (χ3v) is 3.06. The van der Waals surface area contributed by atoms with Crippen molar-refractivity contribution in [3.63, 3.8) is 0 Å².